The van der Waals surface area contributed by atoms with Crippen LogP contribution in [0.25, 0.3) is 0 Å². The van der Waals surface area contributed by atoms with Crippen LogP contribution >= 0.6 is 0 Å². The molecule has 0 amide bonds. The van der Waals surface area contributed by atoms with Gasteiger partial charge < -0.3 is 10.1 Å². The molecule has 0 spiro atoms. The van der Waals surface area contributed by atoms with Gasteiger partial charge in [0.1, 0.15) is 0 Å². The largest absolute Gasteiger partial charge is 0.378 e. The Hall–Kier alpha value is -0.0800. The summed E-state index contributed by atoms with van der Waals surface area (Å²) in [6.45, 7) is 5.19. The molecule has 0 aromatic rings. The summed E-state index contributed by atoms with van der Waals surface area (Å²) >= 11 is 0. The predicted molar refractivity (Wildman–Crippen MR) is 51.3 cm³/mol. The normalized spacial score (nSPS) is 31.2. The Balaban J connectivity index is 2.01. The van der Waals surface area contributed by atoms with E-state index in [4.69, 9.17) is 4.74 Å². The van der Waals surface area contributed by atoms with E-state index in [1.165, 1.54) is 19.3 Å². The number of hydrogen-bond acceptors (Lipinski definition) is 2. The Bertz CT molecular complexity index is 121. The molecule has 1 aliphatic rings. The highest BCUT2D eigenvalue weighted by Gasteiger charge is 2.29. The van der Waals surface area contributed by atoms with Gasteiger partial charge in [-0.15, -0.1) is 0 Å². The summed E-state index contributed by atoms with van der Waals surface area (Å²) in [5.74, 6) is 0.906. The van der Waals surface area contributed by atoms with Crippen LogP contribution in [0.4, 0.5) is 0 Å². The van der Waals surface area contributed by atoms with Crippen molar-refractivity contribution in [2.75, 3.05) is 13.7 Å². The third-order valence-electron chi connectivity index (χ3n) is 2.77. The monoisotopic (exact) mass is 171 g/mol. The average Bonchev–Trinajstić information content (AvgIpc) is 2.00. The lowest BCUT2D eigenvalue weighted by Crippen LogP contribution is -2.35. The fourth-order valence-corrected chi connectivity index (χ4v) is 1.86. The molecule has 0 bridgehead atoms. The molecular weight excluding hydrogens is 150 g/mol. The maximum Gasteiger partial charge on any atom is 0.0580 e. The third kappa shape index (κ3) is 2.76. The van der Waals surface area contributed by atoms with Crippen molar-refractivity contribution in [3.63, 3.8) is 0 Å². The quantitative estimate of drug-likeness (QED) is 0.681. The first-order valence-electron chi connectivity index (χ1n) is 5.05. The summed E-state index contributed by atoms with van der Waals surface area (Å²) in [5.41, 5.74) is 0. The van der Waals surface area contributed by atoms with Crippen molar-refractivity contribution in [2.45, 2.75) is 45.3 Å². The van der Waals surface area contributed by atoms with Crippen molar-refractivity contribution < 1.29 is 4.74 Å². The zero-order chi connectivity index (χ0) is 8.97. The molecule has 1 fully saturated rings. The molecule has 1 saturated carbocycles. The summed E-state index contributed by atoms with van der Waals surface area (Å²) in [5, 5.41) is 3.27. The Morgan fingerprint density at radius 1 is 1.50 bits per heavy atom. The van der Waals surface area contributed by atoms with Gasteiger partial charge in [-0.1, -0.05) is 0 Å². The first-order valence-corrected chi connectivity index (χ1v) is 5.05. The molecule has 1 atom stereocenters. The minimum Gasteiger partial charge on any atom is -0.378 e. The van der Waals surface area contributed by atoms with Crippen molar-refractivity contribution in [3.8, 4) is 0 Å². The highest BCUT2D eigenvalue weighted by Crippen LogP contribution is 2.33. The van der Waals surface area contributed by atoms with Crippen molar-refractivity contribution in [2.24, 2.45) is 5.92 Å². The van der Waals surface area contributed by atoms with Crippen molar-refractivity contribution >= 4 is 0 Å². The molecule has 0 aliphatic heterocycles. The smallest absolute Gasteiger partial charge is 0.0580 e. The van der Waals surface area contributed by atoms with Gasteiger partial charge in [0.2, 0.25) is 0 Å². The predicted octanol–water partition coefficient (Wildman–Crippen LogP) is 1.80. The van der Waals surface area contributed by atoms with E-state index < -0.39 is 0 Å². The van der Waals surface area contributed by atoms with E-state index >= 15 is 0 Å². The molecule has 0 aromatic carbocycles. The summed E-state index contributed by atoms with van der Waals surface area (Å²) in [6.07, 6.45) is 4.43. The van der Waals surface area contributed by atoms with Gasteiger partial charge in [-0.3, -0.25) is 0 Å². The molecule has 2 heteroatoms. The SMILES string of the molecule is CCOC1CC(CC(C)NC)C1. The van der Waals surface area contributed by atoms with Crippen LogP contribution < -0.4 is 5.32 Å². The molecule has 0 radical (unpaired) electrons. The molecule has 0 aromatic heterocycles. The first kappa shape index (κ1) is 10.0. The minimum absolute atomic E-state index is 0.573. The second kappa shape index (κ2) is 4.83. The molecule has 12 heavy (non-hydrogen) atoms. The van der Waals surface area contributed by atoms with E-state index in [0.717, 1.165) is 12.5 Å². The summed E-state index contributed by atoms with van der Waals surface area (Å²) in [6, 6.07) is 0.664. The van der Waals surface area contributed by atoms with Crippen LogP contribution in [0.1, 0.15) is 33.1 Å². The van der Waals surface area contributed by atoms with Crippen LogP contribution in [0.5, 0.6) is 0 Å². The van der Waals surface area contributed by atoms with Gasteiger partial charge in [0.25, 0.3) is 0 Å². The van der Waals surface area contributed by atoms with Crippen LogP contribution in [-0.4, -0.2) is 25.8 Å². The maximum atomic E-state index is 5.50. The van der Waals surface area contributed by atoms with E-state index in [1.807, 2.05) is 7.05 Å². The van der Waals surface area contributed by atoms with Crippen LogP contribution in [0.3, 0.4) is 0 Å². The van der Waals surface area contributed by atoms with Gasteiger partial charge in [-0.05, 0) is 46.1 Å². The lowest BCUT2D eigenvalue weighted by atomic mass is 9.78. The van der Waals surface area contributed by atoms with Gasteiger partial charge >= 0.3 is 0 Å². The van der Waals surface area contributed by atoms with Gasteiger partial charge in [0.15, 0.2) is 0 Å². The van der Waals surface area contributed by atoms with Crippen LogP contribution in [0.2, 0.25) is 0 Å². The van der Waals surface area contributed by atoms with Crippen LogP contribution in [0, 0.1) is 5.92 Å². The van der Waals surface area contributed by atoms with E-state index in [9.17, 15) is 0 Å². The number of ether oxygens (including phenoxy) is 1. The number of rotatable bonds is 5. The molecule has 2 nitrogen and oxygen atoms in total. The fourth-order valence-electron chi connectivity index (χ4n) is 1.86. The van der Waals surface area contributed by atoms with Gasteiger partial charge in [0, 0.05) is 12.6 Å². The Labute approximate surface area is 75.7 Å². The van der Waals surface area contributed by atoms with E-state index in [1.54, 1.807) is 0 Å². The van der Waals surface area contributed by atoms with Crippen molar-refractivity contribution in [1.82, 2.24) is 5.32 Å². The molecule has 1 unspecified atom stereocenters. The molecule has 1 rings (SSSR count). The zero-order valence-corrected chi connectivity index (χ0v) is 8.47. The Morgan fingerprint density at radius 3 is 2.67 bits per heavy atom. The van der Waals surface area contributed by atoms with Crippen molar-refractivity contribution in [1.29, 1.82) is 0 Å². The zero-order valence-electron chi connectivity index (χ0n) is 8.47. The second-order valence-electron chi connectivity index (χ2n) is 3.84. The molecule has 0 heterocycles. The summed E-state index contributed by atoms with van der Waals surface area (Å²) < 4.78 is 5.50. The van der Waals surface area contributed by atoms with Gasteiger partial charge in [-0.25, -0.2) is 0 Å². The van der Waals surface area contributed by atoms with Gasteiger partial charge in [0.05, 0.1) is 6.10 Å². The number of nitrogens with one attached hydrogen (secondary N) is 1. The summed E-state index contributed by atoms with van der Waals surface area (Å²) in [4.78, 5) is 0. The van der Waals surface area contributed by atoms with E-state index in [0.29, 0.717) is 12.1 Å². The Kier molecular flexibility index (Phi) is 4.02. The fraction of sp³-hybridized carbons (Fsp3) is 1.00. The Morgan fingerprint density at radius 2 is 2.17 bits per heavy atom. The molecule has 1 aliphatic carbocycles. The second-order valence-corrected chi connectivity index (χ2v) is 3.84. The lowest BCUT2D eigenvalue weighted by Gasteiger charge is -2.36. The van der Waals surface area contributed by atoms with E-state index in [-0.39, 0.29) is 0 Å². The standard InChI is InChI=1S/C10H21NO/c1-4-12-10-6-9(7-10)5-8(2)11-3/h8-11H,4-7H2,1-3H3. The van der Waals surface area contributed by atoms with Crippen LogP contribution in [-0.2, 0) is 4.74 Å². The van der Waals surface area contributed by atoms with Crippen LogP contribution in [0.15, 0.2) is 0 Å². The minimum atomic E-state index is 0.573. The molecule has 0 saturated heterocycles. The third-order valence-corrected chi connectivity index (χ3v) is 2.77. The molecular formula is C10H21NO. The van der Waals surface area contributed by atoms with Gasteiger partial charge in [-0.2, -0.15) is 0 Å². The molecule has 1 N–H and O–H groups in total. The summed E-state index contributed by atoms with van der Waals surface area (Å²) in [7, 11) is 2.03. The van der Waals surface area contributed by atoms with E-state index in [2.05, 4.69) is 19.2 Å². The molecule has 72 valence electrons. The topological polar surface area (TPSA) is 21.3 Å². The average molecular weight is 171 g/mol. The highest BCUT2D eigenvalue weighted by molar-refractivity contribution is 4.82. The lowest BCUT2D eigenvalue weighted by molar-refractivity contribution is -0.0284. The maximum absolute atomic E-state index is 5.50. The first-order chi connectivity index (χ1) is 5.76. The highest BCUT2D eigenvalue weighted by atomic mass is 16.5. The van der Waals surface area contributed by atoms with Crippen molar-refractivity contribution in [3.05, 3.63) is 0 Å². The number of hydrogen-bond donors (Lipinski definition) is 1.